The van der Waals surface area contributed by atoms with E-state index in [-0.39, 0.29) is 17.9 Å². The van der Waals surface area contributed by atoms with Crippen LogP contribution in [0.3, 0.4) is 0 Å². The van der Waals surface area contributed by atoms with Gasteiger partial charge in [-0.3, -0.25) is 4.98 Å². The van der Waals surface area contributed by atoms with Crippen LogP contribution in [0, 0.1) is 0 Å². The Morgan fingerprint density at radius 1 is 1.40 bits per heavy atom. The summed E-state index contributed by atoms with van der Waals surface area (Å²) in [6.45, 7) is 0. The second kappa shape index (κ2) is 4.11. The van der Waals surface area contributed by atoms with E-state index in [9.17, 15) is 9.90 Å². The highest BCUT2D eigenvalue weighted by molar-refractivity contribution is 5.88. The standard InChI is InChI=1S/C13H12N4O3/c18-13(19)12-8-5-7-1-2-9(20-7)11(8)16-17(12)10-6-14-3-4-15-10/h3-4,6-7,9H,1-2,5H2,(H,18,19). The van der Waals surface area contributed by atoms with Crippen molar-refractivity contribution in [1.29, 1.82) is 0 Å². The minimum atomic E-state index is -0.995. The molecule has 0 radical (unpaired) electrons. The molecule has 1 saturated heterocycles. The summed E-state index contributed by atoms with van der Waals surface area (Å²) >= 11 is 0. The van der Waals surface area contributed by atoms with Crippen LogP contribution in [-0.4, -0.2) is 36.9 Å². The van der Waals surface area contributed by atoms with E-state index < -0.39 is 5.97 Å². The number of aromatic carboxylic acids is 1. The van der Waals surface area contributed by atoms with Gasteiger partial charge in [0.25, 0.3) is 0 Å². The van der Waals surface area contributed by atoms with E-state index in [4.69, 9.17) is 4.74 Å². The molecule has 2 aromatic heterocycles. The molecule has 0 aromatic carbocycles. The molecule has 0 spiro atoms. The van der Waals surface area contributed by atoms with E-state index in [0.29, 0.717) is 12.2 Å². The highest BCUT2D eigenvalue weighted by Crippen LogP contribution is 2.41. The van der Waals surface area contributed by atoms with E-state index in [1.807, 2.05) is 0 Å². The number of rotatable bonds is 2. The zero-order valence-electron chi connectivity index (χ0n) is 10.6. The lowest BCUT2D eigenvalue weighted by atomic mass is 10.0. The van der Waals surface area contributed by atoms with Crippen molar-refractivity contribution in [2.75, 3.05) is 0 Å². The Labute approximate surface area is 114 Å². The first kappa shape index (κ1) is 11.5. The molecule has 1 N–H and O–H groups in total. The fourth-order valence-electron chi connectivity index (χ4n) is 3.00. The zero-order valence-corrected chi connectivity index (χ0v) is 10.6. The third-order valence-electron chi connectivity index (χ3n) is 3.83. The van der Waals surface area contributed by atoms with Crippen molar-refractivity contribution in [3.63, 3.8) is 0 Å². The molecule has 1 fully saturated rings. The summed E-state index contributed by atoms with van der Waals surface area (Å²) in [5, 5.41) is 13.9. The van der Waals surface area contributed by atoms with Crippen molar-refractivity contribution in [1.82, 2.24) is 19.7 Å². The van der Waals surface area contributed by atoms with E-state index >= 15 is 0 Å². The van der Waals surface area contributed by atoms with Crippen LogP contribution in [0.5, 0.6) is 0 Å². The summed E-state index contributed by atoms with van der Waals surface area (Å²) in [6.07, 6.45) is 7.06. The minimum Gasteiger partial charge on any atom is -0.476 e. The van der Waals surface area contributed by atoms with Gasteiger partial charge >= 0.3 is 5.97 Å². The lowest BCUT2D eigenvalue weighted by molar-refractivity contribution is 0.0297. The van der Waals surface area contributed by atoms with Crippen LogP contribution >= 0.6 is 0 Å². The van der Waals surface area contributed by atoms with Gasteiger partial charge in [-0.15, -0.1) is 0 Å². The van der Waals surface area contributed by atoms with Gasteiger partial charge < -0.3 is 9.84 Å². The molecule has 2 aliphatic heterocycles. The summed E-state index contributed by atoms with van der Waals surface area (Å²) in [5.74, 6) is -0.583. The molecule has 0 aliphatic carbocycles. The molecule has 102 valence electrons. The highest BCUT2D eigenvalue weighted by atomic mass is 16.5. The number of carboxylic acids is 1. The molecule has 7 nitrogen and oxygen atoms in total. The van der Waals surface area contributed by atoms with Gasteiger partial charge in [-0.2, -0.15) is 5.10 Å². The van der Waals surface area contributed by atoms with Crippen LogP contribution in [-0.2, 0) is 11.2 Å². The van der Waals surface area contributed by atoms with Crippen molar-refractivity contribution in [2.45, 2.75) is 31.5 Å². The number of carbonyl (C=O) groups is 1. The number of nitrogens with zero attached hydrogens (tertiary/aromatic N) is 4. The van der Waals surface area contributed by atoms with Gasteiger partial charge in [0.05, 0.1) is 18.0 Å². The number of fused-ring (bicyclic) bond motifs is 4. The van der Waals surface area contributed by atoms with Crippen LogP contribution in [0.2, 0.25) is 0 Å². The third kappa shape index (κ3) is 1.56. The fraction of sp³-hybridized carbons (Fsp3) is 0.385. The maximum atomic E-state index is 11.6. The van der Waals surface area contributed by atoms with Crippen molar-refractivity contribution in [3.05, 3.63) is 35.5 Å². The Bertz CT molecular complexity index is 682. The maximum Gasteiger partial charge on any atom is 0.355 e. The van der Waals surface area contributed by atoms with Gasteiger partial charge in [0, 0.05) is 24.4 Å². The predicted molar refractivity (Wildman–Crippen MR) is 66.7 cm³/mol. The second-order valence-corrected chi connectivity index (χ2v) is 5.02. The molecule has 2 aliphatic rings. The monoisotopic (exact) mass is 272 g/mol. The van der Waals surface area contributed by atoms with Crippen LogP contribution in [0.4, 0.5) is 0 Å². The lowest BCUT2D eigenvalue weighted by Gasteiger charge is -2.19. The van der Waals surface area contributed by atoms with Crippen molar-refractivity contribution >= 4 is 5.97 Å². The molecule has 0 saturated carbocycles. The first-order valence-electron chi connectivity index (χ1n) is 6.51. The smallest absolute Gasteiger partial charge is 0.355 e. The van der Waals surface area contributed by atoms with Gasteiger partial charge in [-0.25, -0.2) is 14.5 Å². The molecule has 2 atom stereocenters. The largest absolute Gasteiger partial charge is 0.476 e. The minimum absolute atomic E-state index is 0.0835. The predicted octanol–water partition coefficient (Wildman–Crippen LogP) is 1.14. The Kier molecular flexibility index (Phi) is 2.37. The van der Waals surface area contributed by atoms with Gasteiger partial charge in [-0.1, -0.05) is 0 Å². The summed E-state index contributed by atoms with van der Waals surface area (Å²) in [6, 6.07) is 0. The van der Waals surface area contributed by atoms with Crippen LogP contribution in [0.25, 0.3) is 5.82 Å². The Balaban J connectivity index is 1.93. The van der Waals surface area contributed by atoms with Gasteiger partial charge in [-0.05, 0) is 12.8 Å². The SMILES string of the molecule is O=C(O)c1c2c(nn1-c1cnccn1)C1CCC(C2)O1. The average Bonchev–Trinajstić information content (AvgIpc) is 3.03. The average molecular weight is 272 g/mol. The van der Waals surface area contributed by atoms with Crippen molar-refractivity contribution < 1.29 is 14.6 Å². The molecule has 2 aromatic rings. The maximum absolute atomic E-state index is 11.6. The first-order valence-corrected chi connectivity index (χ1v) is 6.51. The van der Waals surface area contributed by atoms with Crippen molar-refractivity contribution in [2.24, 2.45) is 0 Å². The quantitative estimate of drug-likeness (QED) is 0.881. The normalized spacial score (nSPS) is 23.6. The third-order valence-corrected chi connectivity index (χ3v) is 3.83. The van der Waals surface area contributed by atoms with Crippen molar-refractivity contribution in [3.8, 4) is 5.82 Å². The lowest BCUT2D eigenvalue weighted by Crippen LogP contribution is -2.19. The second-order valence-electron chi connectivity index (χ2n) is 5.02. The van der Waals surface area contributed by atoms with Gasteiger partial charge in [0.2, 0.25) is 0 Å². The topological polar surface area (TPSA) is 90.1 Å². The fourth-order valence-corrected chi connectivity index (χ4v) is 3.00. The van der Waals surface area contributed by atoms with Crippen LogP contribution in [0.15, 0.2) is 18.6 Å². The highest BCUT2D eigenvalue weighted by Gasteiger charge is 2.40. The molecule has 2 unspecified atom stereocenters. The first-order chi connectivity index (χ1) is 9.74. The van der Waals surface area contributed by atoms with Gasteiger partial charge in [0.1, 0.15) is 6.10 Å². The molecule has 7 heteroatoms. The summed E-state index contributed by atoms with van der Waals surface area (Å²) in [7, 11) is 0. The number of hydrogen-bond acceptors (Lipinski definition) is 5. The van der Waals surface area contributed by atoms with E-state index in [0.717, 1.165) is 24.1 Å². The molecular formula is C13H12N4O3. The van der Waals surface area contributed by atoms with Gasteiger partial charge in [0.15, 0.2) is 11.5 Å². The molecule has 4 rings (SSSR count). The molecule has 20 heavy (non-hydrogen) atoms. The van der Waals surface area contributed by atoms with E-state index in [2.05, 4.69) is 15.1 Å². The molecule has 0 amide bonds. The zero-order chi connectivity index (χ0) is 13.7. The molecule has 4 heterocycles. The number of carboxylic acid groups (broad SMARTS) is 1. The van der Waals surface area contributed by atoms with Crippen LogP contribution < -0.4 is 0 Å². The number of aromatic nitrogens is 4. The van der Waals surface area contributed by atoms with E-state index in [1.54, 1.807) is 6.20 Å². The number of hydrogen-bond donors (Lipinski definition) is 1. The Morgan fingerprint density at radius 2 is 2.30 bits per heavy atom. The molecular weight excluding hydrogens is 260 g/mol. The number of ether oxygens (including phenoxy) is 1. The Hall–Kier alpha value is -2.28. The summed E-state index contributed by atoms with van der Waals surface area (Å²) in [5.41, 5.74) is 1.70. The summed E-state index contributed by atoms with van der Waals surface area (Å²) in [4.78, 5) is 19.7. The van der Waals surface area contributed by atoms with E-state index in [1.165, 1.54) is 17.1 Å². The van der Waals surface area contributed by atoms with Crippen LogP contribution in [0.1, 0.15) is 40.7 Å². The Morgan fingerprint density at radius 3 is 3.05 bits per heavy atom. The molecule has 2 bridgehead atoms. The summed E-state index contributed by atoms with van der Waals surface area (Å²) < 4.78 is 7.17.